The summed E-state index contributed by atoms with van der Waals surface area (Å²) in [5.74, 6) is 0.583. The molecule has 1 saturated heterocycles. The summed E-state index contributed by atoms with van der Waals surface area (Å²) >= 11 is 0. The lowest BCUT2D eigenvalue weighted by Gasteiger charge is -2.17. The van der Waals surface area contributed by atoms with Crippen molar-refractivity contribution in [1.82, 2.24) is 15.2 Å². The number of benzene rings is 2. The van der Waals surface area contributed by atoms with Crippen molar-refractivity contribution in [3.63, 3.8) is 0 Å². The van der Waals surface area contributed by atoms with E-state index in [2.05, 4.69) is 72.6 Å². The van der Waals surface area contributed by atoms with E-state index in [4.69, 9.17) is 4.98 Å². The van der Waals surface area contributed by atoms with Crippen LogP contribution in [0.25, 0.3) is 22.5 Å². The van der Waals surface area contributed by atoms with E-state index < -0.39 is 0 Å². The van der Waals surface area contributed by atoms with Gasteiger partial charge in [-0.2, -0.15) is 0 Å². The number of aliphatic hydroxyl groups is 1. The minimum Gasteiger partial charge on any atom is -0.391 e. The molecule has 2 heterocycles. The smallest absolute Gasteiger partial charge is 0.246 e. The Labute approximate surface area is 166 Å². The molecule has 1 aliphatic heterocycles. The molecule has 0 amide bonds. The molecule has 4 rings (SSSR count). The molecule has 1 fully saturated rings. The van der Waals surface area contributed by atoms with Crippen LogP contribution in [0.3, 0.4) is 0 Å². The Morgan fingerprint density at radius 1 is 0.857 bits per heavy atom. The lowest BCUT2D eigenvalue weighted by atomic mass is 10.0. The van der Waals surface area contributed by atoms with Gasteiger partial charge in [-0.25, -0.2) is 4.98 Å². The first-order valence-corrected chi connectivity index (χ1v) is 10.0. The number of hydrogen-bond donors (Lipinski definition) is 1. The molecule has 3 aromatic rings. The number of rotatable bonds is 5. The number of anilines is 1. The first kappa shape index (κ1) is 18.6. The topological polar surface area (TPSA) is 62.1 Å². The molecular formula is C23H26N4O. The number of aliphatic hydroxyl groups excluding tert-OH is 1. The van der Waals surface area contributed by atoms with Gasteiger partial charge in [0.05, 0.1) is 6.10 Å². The second-order valence-corrected chi connectivity index (χ2v) is 7.30. The van der Waals surface area contributed by atoms with Crippen LogP contribution in [0.15, 0.2) is 48.5 Å². The fraction of sp³-hybridized carbons (Fsp3) is 0.348. The molecule has 0 radical (unpaired) electrons. The predicted octanol–water partition coefficient (Wildman–Crippen LogP) is 3.90. The summed E-state index contributed by atoms with van der Waals surface area (Å²) in [6.07, 6.45) is 2.43. The number of β-amino-alcohol motifs (C(OH)–C–C–N with tert-alkyl or cyclic N) is 1. The molecule has 0 spiro atoms. The SMILES string of the molecule is CCc1ccc(-c2nnc(N3CCC(O)C3)nc2-c2ccc(CC)cc2)cc1. The van der Waals surface area contributed by atoms with E-state index in [1.165, 1.54) is 11.1 Å². The minimum absolute atomic E-state index is 0.322. The van der Waals surface area contributed by atoms with Gasteiger partial charge in [-0.1, -0.05) is 62.4 Å². The van der Waals surface area contributed by atoms with Crippen molar-refractivity contribution in [2.75, 3.05) is 18.0 Å². The molecule has 0 bridgehead atoms. The Bertz CT molecular complexity index is 938. The highest BCUT2D eigenvalue weighted by Gasteiger charge is 2.24. The molecule has 5 nitrogen and oxygen atoms in total. The molecular weight excluding hydrogens is 348 g/mol. The number of nitrogens with zero attached hydrogens (tertiary/aromatic N) is 4. The number of hydrogen-bond acceptors (Lipinski definition) is 5. The summed E-state index contributed by atoms with van der Waals surface area (Å²) in [7, 11) is 0. The average Bonchev–Trinajstić information content (AvgIpc) is 3.20. The van der Waals surface area contributed by atoms with E-state index >= 15 is 0 Å². The summed E-state index contributed by atoms with van der Waals surface area (Å²) in [5.41, 5.74) is 6.25. The van der Waals surface area contributed by atoms with E-state index in [0.717, 1.165) is 48.3 Å². The minimum atomic E-state index is -0.322. The van der Waals surface area contributed by atoms with Gasteiger partial charge >= 0.3 is 0 Å². The van der Waals surface area contributed by atoms with Crippen molar-refractivity contribution >= 4 is 5.95 Å². The monoisotopic (exact) mass is 374 g/mol. The van der Waals surface area contributed by atoms with Gasteiger partial charge in [-0.3, -0.25) is 0 Å². The van der Waals surface area contributed by atoms with Gasteiger partial charge in [0.15, 0.2) is 0 Å². The lowest BCUT2D eigenvalue weighted by Crippen LogP contribution is -2.24. The zero-order chi connectivity index (χ0) is 19.5. The van der Waals surface area contributed by atoms with Crippen LogP contribution in [0.4, 0.5) is 5.95 Å². The van der Waals surface area contributed by atoms with E-state index in [9.17, 15) is 5.11 Å². The van der Waals surface area contributed by atoms with Crippen LogP contribution in [0.1, 0.15) is 31.4 Å². The van der Waals surface area contributed by atoms with Crippen LogP contribution in [0.5, 0.6) is 0 Å². The fourth-order valence-corrected chi connectivity index (χ4v) is 3.57. The maximum absolute atomic E-state index is 9.87. The number of aromatic nitrogens is 3. The van der Waals surface area contributed by atoms with Crippen molar-refractivity contribution < 1.29 is 5.11 Å². The molecule has 1 aliphatic rings. The van der Waals surface area contributed by atoms with Crippen LogP contribution >= 0.6 is 0 Å². The molecule has 2 aromatic carbocycles. The normalized spacial score (nSPS) is 16.5. The molecule has 1 N–H and O–H groups in total. The maximum atomic E-state index is 9.87. The largest absolute Gasteiger partial charge is 0.391 e. The van der Waals surface area contributed by atoms with Crippen molar-refractivity contribution in [3.05, 3.63) is 59.7 Å². The molecule has 28 heavy (non-hydrogen) atoms. The molecule has 0 saturated carbocycles. The van der Waals surface area contributed by atoms with Gasteiger partial charge in [-0.15, -0.1) is 10.2 Å². The Hall–Kier alpha value is -2.79. The maximum Gasteiger partial charge on any atom is 0.246 e. The standard InChI is InChI=1S/C23H26N4O/c1-3-16-5-9-18(10-6-16)21-22(19-11-7-17(4-2)8-12-19)25-26-23(24-21)27-14-13-20(28)15-27/h5-12,20,28H,3-4,13-15H2,1-2H3. The summed E-state index contributed by atoms with van der Waals surface area (Å²) in [6, 6.07) is 16.9. The third-order valence-electron chi connectivity index (χ3n) is 5.39. The van der Waals surface area contributed by atoms with E-state index in [0.29, 0.717) is 12.5 Å². The van der Waals surface area contributed by atoms with E-state index in [-0.39, 0.29) is 6.10 Å². The third-order valence-corrected chi connectivity index (χ3v) is 5.39. The highest BCUT2D eigenvalue weighted by molar-refractivity contribution is 5.78. The summed E-state index contributed by atoms with van der Waals surface area (Å²) < 4.78 is 0. The quantitative estimate of drug-likeness (QED) is 0.734. The van der Waals surface area contributed by atoms with Crippen LogP contribution in [0.2, 0.25) is 0 Å². The Morgan fingerprint density at radius 3 is 1.93 bits per heavy atom. The van der Waals surface area contributed by atoms with Crippen molar-refractivity contribution in [2.45, 2.75) is 39.2 Å². The summed E-state index contributed by atoms with van der Waals surface area (Å²) in [5, 5.41) is 18.8. The van der Waals surface area contributed by atoms with E-state index in [1.807, 2.05) is 4.90 Å². The van der Waals surface area contributed by atoms with Gasteiger partial charge in [0, 0.05) is 24.2 Å². The highest BCUT2D eigenvalue weighted by atomic mass is 16.3. The molecule has 0 aliphatic carbocycles. The van der Waals surface area contributed by atoms with Gasteiger partial charge < -0.3 is 10.0 Å². The zero-order valence-electron chi connectivity index (χ0n) is 16.5. The van der Waals surface area contributed by atoms with Crippen LogP contribution in [-0.4, -0.2) is 39.5 Å². The Morgan fingerprint density at radius 2 is 1.43 bits per heavy atom. The first-order valence-electron chi connectivity index (χ1n) is 10.0. The predicted molar refractivity (Wildman–Crippen MR) is 112 cm³/mol. The lowest BCUT2D eigenvalue weighted by molar-refractivity contribution is 0.198. The highest BCUT2D eigenvalue weighted by Crippen LogP contribution is 2.31. The van der Waals surface area contributed by atoms with Crippen molar-refractivity contribution in [1.29, 1.82) is 0 Å². The Kier molecular flexibility index (Phi) is 5.35. The second-order valence-electron chi connectivity index (χ2n) is 7.30. The molecule has 1 atom stereocenters. The van der Waals surface area contributed by atoms with Crippen LogP contribution in [0, 0.1) is 0 Å². The van der Waals surface area contributed by atoms with Gasteiger partial charge in [0.25, 0.3) is 0 Å². The van der Waals surface area contributed by atoms with Crippen LogP contribution in [-0.2, 0) is 12.8 Å². The molecule has 5 heteroatoms. The van der Waals surface area contributed by atoms with Gasteiger partial charge in [-0.05, 0) is 30.4 Å². The van der Waals surface area contributed by atoms with Crippen molar-refractivity contribution in [2.24, 2.45) is 0 Å². The van der Waals surface area contributed by atoms with Gasteiger partial charge in [0.2, 0.25) is 5.95 Å². The first-order chi connectivity index (χ1) is 13.7. The third kappa shape index (κ3) is 3.76. The zero-order valence-corrected chi connectivity index (χ0v) is 16.5. The van der Waals surface area contributed by atoms with E-state index in [1.54, 1.807) is 0 Å². The fourth-order valence-electron chi connectivity index (χ4n) is 3.57. The Balaban J connectivity index is 1.79. The summed E-state index contributed by atoms with van der Waals surface area (Å²) in [6.45, 7) is 5.61. The van der Waals surface area contributed by atoms with Gasteiger partial charge in [0.1, 0.15) is 11.4 Å². The second kappa shape index (κ2) is 8.07. The average molecular weight is 374 g/mol. The molecule has 1 aromatic heterocycles. The molecule has 1 unspecified atom stereocenters. The van der Waals surface area contributed by atoms with Crippen LogP contribution < -0.4 is 4.90 Å². The number of aryl methyl sites for hydroxylation is 2. The summed E-state index contributed by atoms with van der Waals surface area (Å²) in [4.78, 5) is 6.88. The molecule has 144 valence electrons. The van der Waals surface area contributed by atoms with Crippen molar-refractivity contribution in [3.8, 4) is 22.5 Å².